The van der Waals surface area contributed by atoms with E-state index >= 15 is 0 Å². The number of aliphatic hydroxyl groups is 1. The number of hydrogen-bond acceptors (Lipinski definition) is 7. The minimum Gasteiger partial charge on any atom is -0.464 e. The summed E-state index contributed by atoms with van der Waals surface area (Å²) >= 11 is 0. The lowest BCUT2D eigenvalue weighted by atomic mass is 10.1. The number of hydrogen-bond donors (Lipinski definition) is 3. The second-order valence-electron chi connectivity index (χ2n) is 5.39. The van der Waals surface area contributed by atoms with E-state index in [1.54, 1.807) is 0 Å². The fourth-order valence-corrected chi connectivity index (χ4v) is 1.89. The van der Waals surface area contributed by atoms with Crippen molar-refractivity contribution in [2.75, 3.05) is 13.2 Å². The Morgan fingerprint density at radius 1 is 1.40 bits per heavy atom. The molecule has 2 rings (SSSR count). The number of ether oxygens (including phenoxy) is 2. The maximum Gasteiger partial charge on any atom is 0.308 e. The summed E-state index contributed by atoms with van der Waals surface area (Å²) in [6.45, 7) is 0.191. The number of esters is 2. The molecule has 1 aromatic carbocycles. The van der Waals surface area contributed by atoms with E-state index in [0.29, 0.717) is 13.0 Å². The largest absolute Gasteiger partial charge is 0.464 e. The lowest BCUT2D eigenvalue weighted by Gasteiger charge is -2.14. The van der Waals surface area contributed by atoms with E-state index in [0.717, 1.165) is 5.56 Å². The standard InChI is InChI=1S/C12H14BNO4.C4H7NO2/c13-12(17)14-10(7-15)6-11(16)18-8-9-4-2-1-3-5-9;5-3-1-4(6)7-2-3/h1-5,10,15H,6-8H2,(H,14,17);3H,1-2,5H2/t10-;3-/m00/s1. The Kier molecular flexibility index (Phi) is 9.27. The first kappa shape index (κ1) is 20.7. The molecule has 134 valence electrons. The SMILES string of the molecule is N[C@@H]1COC(=O)C1.[B]C(=O)N[C@H](CO)CC(=O)OCc1ccccc1. The summed E-state index contributed by atoms with van der Waals surface area (Å²) in [5.41, 5.74) is 6.15. The molecule has 0 unspecified atom stereocenters. The van der Waals surface area contributed by atoms with Gasteiger partial charge in [0.05, 0.1) is 25.5 Å². The summed E-state index contributed by atoms with van der Waals surface area (Å²) in [6.07, 6.45) is 0.270. The third kappa shape index (κ3) is 9.48. The number of nitrogens with two attached hydrogens (primary N) is 1. The molecule has 0 bridgehead atoms. The van der Waals surface area contributed by atoms with Gasteiger partial charge in [-0.25, -0.2) is 0 Å². The smallest absolute Gasteiger partial charge is 0.308 e. The zero-order valence-corrected chi connectivity index (χ0v) is 13.7. The fourth-order valence-electron chi connectivity index (χ4n) is 1.89. The quantitative estimate of drug-likeness (QED) is 0.472. The van der Waals surface area contributed by atoms with Crippen LogP contribution in [0.5, 0.6) is 0 Å². The van der Waals surface area contributed by atoms with Crippen LogP contribution in [0.2, 0.25) is 0 Å². The maximum absolute atomic E-state index is 11.4. The summed E-state index contributed by atoms with van der Waals surface area (Å²) in [4.78, 5) is 32.2. The Bertz CT molecular complexity index is 569. The molecular formula is C16H21BN2O6. The van der Waals surface area contributed by atoms with Crippen molar-refractivity contribution in [1.82, 2.24) is 5.32 Å². The highest BCUT2D eigenvalue weighted by molar-refractivity contribution is 6.57. The van der Waals surface area contributed by atoms with Gasteiger partial charge in [-0.1, -0.05) is 30.3 Å². The number of benzene rings is 1. The molecule has 1 aliphatic heterocycles. The summed E-state index contributed by atoms with van der Waals surface area (Å²) < 4.78 is 9.50. The van der Waals surface area contributed by atoms with Gasteiger partial charge < -0.3 is 25.6 Å². The number of carbonyl (C=O) groups excluding carboxylic acids is 3. The second kappa shape index (κ2) is 11.2. The molecule has 2 radical (unpaired) electrons. The van der Waals surface area contributed by atoms with Gasteiger partial charge in [-0.05, 0) is 5.56 Å². The van der Waals surface area contributed by atoms with Gasteiger partial charge in [-0.2, -0.15) is 0 Å². The maximum atomic E-state index is 11.4. The van der Waals surface area contributed by atoms with Crippen LogP contribution in [0.15, 0.2) is 30.3 Å². The van der Waals surface area contributed by atoms with Crippen molar-refractivity contribution in [1.29, 1.82) is 0 Å². The monoisotopic (exact) mass is 348 g/mol. The van der Waals surface area contributed by atoms with Gasteiger partial charge in [0.2, 0.25) is 7.85 Å². The van der Waals surface area contributed by atoms with Crippen LogP contribution >= 0.6 is 0 Å². The minimum atomic E-state index is -0.787. The molecule has 9 heteroatoms. The fraction of sp³-hybridized carbons (Fsp3) is 0.438. The topological polar surface area (TPSA) is 128 Å². The number of cyclic esters (lactones) is 1. The van der Waals surface area contributed by atoms with E-state index < -0.39 is 17.8 Å². The third-order valence-corrected chi connectivity index (χ3v) is 3.11. The molecule has 1 amide bonds. The normalized spacial score (nSPS) is 16.9. The number of aliphatic hydroxyl groups excluding tert-OH is 1. The van der Waals surface area contributed by atoms with Gasteiger partial charge in [-0.3, -0.25) is 14.4 Å². The molecule has 4 N–H and O–H groups in total. The van der Waals surface area contributed by atoms with Crippen molar-refractivity contribution in [2.45, 2.75) is 31.5 Å². The number of amides is 1. The predicted octanol–water partition coefficient (Wildman–Crippen LogP) is -0.380. The van der Waals surface area contributed by atoms with Gasteiger partial charge in [0.15, 0.2) is 5.81 Å². The Morgan fingerprint density at radius 2 is 2.08 bits per heavy atom. The van der Waals surface area contributed by atoms with Crippen LogP contribution in [0.3, 0.4) is 0 Å². The van der Waals surface area contributed by atoms with Crippen LogP contribution in [0.4, 0.5) is 4.79 Å². The average molecular weight is 348 g/mol. The van der Waals surface area contributed by atoms with E-state index in [1.165, 1.54) is 0 Å². The van der Waals surface area contributed by atoms with E-state index in [-0.39, 0.29) is 31.6 Å². The molecular weight excluding hydrogens is 327 g/mol. The summed E-state index contributed by atoms with van der Waals surface area (Å²) in [6, 6.07) is 8.45. The highest BCUT2D eigenvalue weighted by Crippen LogP contribution is 2.03. The predicted molar refractivity (Wildman–Crippen MR) is 89.6 cm³/mol. The minimum absolute atomic E-state index is 0.0486. The number of carbonyl (C=O) groups is 3. The van der Waals surface area contributed by atoms with Crippen molar-refractivity contribution >= 4 is 25.6 Å². The van der Waals surface area contributed by atoms with E-state index in [4.69, 9.17) is 23.4 Å². The summed E-state index contributed by atoms with van der Waals surface area (Å²) in [5.74, 6) is -1.47. The van der Waals surface area contributed by atoms with Crippen LogP contribution in [0.25, 0.3) is 0 Å². The Balaban J connectivity index is 0.000000370. The lowest BCUT2D eigenvalue weighted by Crippen LogP contribution is -2.38. The van der Waals surface area contributed by atoms with Crippen molar-refractivity contribution in [3.8, 4) is 0 Å². The van der Waals surface area contributed by atoms with Gasteiger partial charge in [0, 0.05) is 6.04 Å². The zero-order valence-electron chi connectivity index (χ0n) is 13.7. The third-order valence-electron chi connectivity index (χ3n) is 3.11. The molecule has 1 fully saturated rings. The van der Waals surface area contributed by atoms with E-state index in [1.807, 2.05) is 30.3 Å². The van der Waals surface area contributed by atoms with Crippen molar-refractivity contribution in [3.05, 3.63) is 35.9 Å². The average Bonchev–Trinajstić information content (AvgIpc) is 2.96. The molecule has 1 saturated heterocycles. The summed E-state index contributed by atoms with van der Waals surface area (Å²) in [7, 11) is 4.90. The summed E-state index contributed by atoms with van der Waals surface area (Å²) in [5, 5.41) is 11.2. The Labute approximate surface area is 147 Å². The molecule has 8 nitrogen and oxygen atoms in total. The van der Waals surface area contributed by atoms with Crippen LogP contribution in [0.1, 0.15) is 18.4 Å². The van der Waals surface area contributed by atoms with Crippen molar-refractivity contribution < 1.29 is 29.0 Å². The van der Waals surface area contributed by atoms with Crippen LogP contribution in [-0.4, -0.2) is 56.0 Å². The van der Waals surface area contributed by atoms with Crippen molar-refractivity contribution in [3.63, 3.8) is 0 Å². The molecule has 1 heterocycles. The molecule has 0 aliphatic carbocycles. The van der Waals surface area contributed by atoms with Crippen LogP contribution in [-0.2, 0) is 25.7 Å². The first-order valence-corrected chi connectivity index (χ1v) is 7.68. The molecule has 1 aliphatic rings. The molecule has 25 heavy (non-hydrogen) atoms. The number of rotatable bonds is 6. The first-order valence-electron chi connectivity index (χ1n) is 7.68. The molecule has 2 atom stereocenters. The van der Waals surface area contributed by atoms with Crippen LogP contribution < -0.4 is 11.1 Å². The Hall–Kier alpha value is -2.39. The molecule has 1 aromatic rings. The van der Waals surface area contributed by atoms with Gasteiger partial charge in [0.1, 0.15) is 13.2 Å². The van der Waals surface area contributed by atoms with Gasteiger partial charge in [-0.15, -0.1) is 0 Å². The zero-order chi connectivity index (χ0) is 18.7. The molecule has 0 aromatic heterocycles. The van der Waals surface area contributed by atoms with E-state index in [2.05, 4.69) is 10.1 Å². The number of nitrogens with one attached hydrogen (secondary N) is 1. The van der Waals surface area contributed by atoms with Gasteiger partial charge >= 0.3 is 11.9 Å². The highest BCUT2D eigenvalue weighted by Gasteiger charge is 2.18. The lowest BCUT2D eigenvalue weighted by molar-refractivity contribution is -0.145. The second-order valence-corrected chi connectivity index (χ2v) is 5.39. The van der Waals surface area contributed by atoms with Gasteiger partial charge in [0.25, 0.3) is 0 Å². The molecule has 0 spiro atoms. The highest BCUT2D eigenvalue weighted by atomic mass is 16.5. The Morgan fingerprint density at radius 3 is 2.52 bits per heavy atom. The van der Waals surface area contributed by atoms with Crippen LogP contribution in [0, 0.1) is 0 Å². The molecule has 0 saturated carbocycles. The first-order chi connectivity index (χ1) is 11.9. The van der Waals surface area contributed by atoms with E-state index in [9.17, 15) is 14.4 Å². The van der Waals surface area contributed by atoms with Crippen molar-refractivity contribution in [2.24, 2.45) is 5.73 Å².